The Bertz CT molecular complexity index is 151. The van der Waals surface area contributed by atoms with Crippen LogP contribution in [0.5, 0.6) is 0 Å². The topological polar surface area (TPSA) is 71.0 Å². The smallest absolute Gasteiger partial charge is 0.215 e. The van der Waals surface area contributed by atoms with Crippen molar-refractivity contribution in [1.29, 1.82) is 0 Å². The lowest BCUT2D eigenvalue weighted by atomic mass is 10.1. The third kappa shape index (κ3) is 3.19. The van der Waals surface area contributed by atoms with E-state index in [0.717, 1.165) is 0 Å². The lowest BCUT2D eigenvalue weighted by Gasteiger charge is -2.15. The summed E-state index contributed by atoms with van der Waals surface area (Å²) in [7, 11) is 0. The van der Waals surface area contributed by atoms with Crippen LogP contribution in [-0.2, 0) is 0 Å². The third-order valence-corrected chi connectivity index (χ3v) is 0.966. The lowest BCUT2D eigenvalue weighted by Crippen LogP contribution is -2.26. The van der Waals surface area contributed by atoms with Crippen LogP contribution >= 0.6 is 0 Å². The van der Waals surface area contributed by atoms with Gasteiger partial charge >= 0.3 is 0 Å². The summed E-state index contributed by atoms with van der Waals surface area (Å²) in [6.45, 7) is 6.65. The van der Waals surface area contributed by atoms with Gasteiger partial charge in [-0.25, -0.2) is 9.98 Å². The standard InChI is InChI=1S/C6H13N3O/c1-6(2,4-10)9-5(7)8-3/h10H,3-4H2,1-2H3,(H2,7,9). The molecule has 0 amide bonds. The Balaban J connectivity index is 4.22. The fourth-order valence-corrected chi connectivity index (χ4v) is 0.381. The first-order chi connectivity index (χ1) is 4.52. The second-order valence-electron chi connectivity index (χ2n) is 2.60. The average molecular weight is 143 g/mol. The first-order valence-corrected chi connectivity index (χ1v) is 2.95. The normalized spacial score (nSPS) is 13.3. The molecule has 0 saturated carbocycles. The van der Waals surface area contributed by atoms with Crippen LogP contribution < -0.4 is 5.73 Å². The number of hydrogen-bond acceptors (Lipinski definition) is 2. The highest BCUT2D eigenvalue weighted by Crippen LogP contribution is 2.06. The summed E-state index contributed by atoms with van der Waals surface area (Å²) in [4.78, 5) is 7.25. The Morgan fingerprint density at radius 2 is 2.20 bits per heavy atom. The number of guanidine groups is 1. The molecule has 0 spiro atoms. The quantitative estimate of drug-likeness (QED) is 0.414. The van der Waals surface area contributed by atoms with Gasteiger partial charge in [0.05, 0.1) is 12.1 Å². The lowest BCUT2D eigenvalue weighted by molar-refractivity contribution is 0.222. The molecule has 0 aliphatic carbocycles. The molecule has 0 heterocycles. The molecule has 0 bridgehead atoms. The molecule has 0 aliphatic heterocycles. The van der Waals surface area contributed by atoms with Crippen molar-refractivity contribution in [2.24, 2.45) is 15.7 Å². The van der Waals surface area contributed by atoms with Crippen molar-refractivity contribution in [2.75, 3.05) is 6.61 Å². The van der Waals surface area contributed by atoms with Gasteiger partial charge in [0.1, 0.15) is 0 Å². The number of aliphatic hydroxyl groups is 1. The Kier molecular flexibility index (Phi) is 3.02. The van der Waals surface area contributed by atoms with Gasteiger partial charge in [0, 0.05) is 0 Å². The predicted molar refractivity (Wildman–Crippen MR) is 42.3 cm³/mol. The number of aliphatic imine (C=N–C) groups is 2. The molecule has 0 atom stereocenters. The summed E-state index contributed by atoms with van der Waals surface area (Å²) >= 11 is 0. The van der Waals surface area contributed by atoms with Crippen molar-refractivity contribution in [3.05, 3.63) is 0 Å². The fraction of sp³-hybridized carbons (Fsp3) is 0.667. The van der Waals surface area contributed by atoms with Crippen molar-refractivity contribution < 1.29 is 5.11 Å². The molecular formula is C6H13N3O. The van der Waals surface area contributed by atoms with Crippen LogP contribution in [0, 0.1) is 0 Å². The molecule has 0 rings (SSSR count). The average Bonchev–Trinajstić information content (AvgIpc) is 1.87. The molecule has 4 nitrogen and oxygen atoms in total. The van der Waals surface area contributed by atoms with E-state index in [1.165, 1.54) is 0 Å². The molecule has 0 saturated heterocycles. The molecular weight excluding hydrogens is 130 g/mol. The first kappa shape index (κ1) is 9.10. The predicted octanol–water partition coefficient (Wildman–Crippen LogP) is -0.227. The van der Waals surface area contributed by atoms with E-state index in [1.807, 2.05) is 0 Å². The summed E-state index contributed by atoms with van der Waals surface area (Å²) in [6, 6.07) is 0. The van der Waals surface area contributed by atoms with Gasteiger partial charge in [-0.1, -0.05) is 0 Å². The van der Waals surface area contributed by atoms with Crippen LogP contribution in [0.4, 0.5) is 0 Å². The summed E-state index contributed by atoms with van der Waals surface area (Å²) in [6.07, 6.45) is 0. The molecule has 4 heteroatoms. The van der Waals surface area contributed by atoms with Crippen LogP contribution in [0.3, 0.4) is 0 Å². The van der Waals surface area contributed by atoms with Gasteiger partial charge in [-0.15, -0.1) is 0 Å². The molecule has 0 aromatic rings. The maximum atomic E-state index is 8.71. The summed E-state index contributed by atoms with van der Waals surface area (Å²) in [5.41, 5.74) is 4.69. The van der Waals surface area contributed by atoms with E-state index in [0.29, 0.717) is 0 Å². The van der Waals surface area contributed by atoms with Crippen molar-refractivity contribution in [2.45, 2.75) is 19.4 Å². The zero-order chi connectivity index (χ0) is 8.20. The van der Waals surface area contributed by atoms with E-state index >= 15 is 0 Å². The van der Waals surface area contributed by atoms with Gasteiger partial charge in [-0.3, -0.25) is 0 Å². The second kappa shape index (κ2) is 3.31. The number of nitrogens with two attached hydrogens (primary N) is 1. The van der Waals surface area contributed by atoms with E-state index in [-0.39, 0.29) is 12.6 Å². The molecule has 3 N–H and O–H groups in total. The summed E-state index contributed by atoms with van der Waals surface area (Å²) in [5, 5.41) is 8.71. The van der Waals surface area contributed by atoms with E-state index in [2.05, 4.69) is 16.7 Å². The third-order valence-electron chi connectivity index (χ3n) is 0.966. The highest BCUT2D eigenvalue weighted by atomic mass is 16.3. The van der Waals surface area contributed by atoms with Gasteiger partial charge in [0.2, 0.25) is 5.96 Å². The molecule has 0 fully saturated rings. The molecule has 10 heavy (non-hydrogen) atoms. The molecule has 0 aromatic carbocycles. The van der Waals surface area contributed by atoms with Crippen LogP contribution in [0.25, 0.3) is 0 Å². The highest BCUT2D eigenvalue weighted by Gasteiger charge is 2.14. The van der Waals surface area contributed by atoms with Crippen LogP contribution in [0.15, 0.2) is 9.98 Å². The zero-order valence-electron chi connectivity index (χ0n) is 6.33. The van der Waals surface area contributed by atoms with Crippen LogP contribution in [0.2, 0.25) is 0 Å². The molecule has 0 unspecified atom stereocenters. The minimum Gasteiger partial charge on any atom is -0.394 e. The highest BCUT2D eigenvalue weighted by molar-refractivity contribution is 5.82. The Labute approximate surface area is 60.5 Å². The number of nitrogens with zero attached hydrogens (tertiary/aromatic N) is 2. The largest absolute Gasteiger partial charge is 0.394 e. The fourth-order valence-electron chi connectivity index (χ4n) is 0.381. The van der Waals surface area contributed by atoms with Crippen molar-refractivity contribution in [3.8, 4) is 0 Å². The van der Waals surface area contributed by atoms with Crippen LogP contribution in [0.1, 0.15) is 13.8 Å². The van der Waals surface area contributed by atoms with E-state index in [9.17, 15) is 0 Å². The van der Waals surface area contributed by atoms with Gasteiger partial charge in [0.15, 0.2) is 0 Å². The van der Waals surface area contributed by atoms with E-state index in [4.69, 9.17) is 10.8 Å². The van der Waals surface area contributed by atoms with E-state index < -0.39 is 5.54 Å². The summed E-state index contributed by atoms with van der Waals surface area (Å²) in [5.74, 6) is 0.110. The summed E-state index contributed by atoms with van der Waals surface area (Å²) < 4.78 is 0. The maximum Gasteiger partial charge on any atom is 0.215 e. The second-order valence-corrected chi connectivity index (χ2v) is 2.60. The van der Waals surface area contributed by atoms with Gasteiger partial charge in [-0.05, 0) is 20.6 Å². The van der Waals surface area contributed by atoms with Crippen LogP contribution in [-0.4, -0.2) is 29.9 Å². The van der Waals surface area contributed by atoms with Gasteiger partial charge in [0.25, 0.3) is 0 Å². The van der Waals surface area contributed by atoms with E-state index in [1.54, 1.807) is 13.8 Å². The molecule has 0 aromatic heterocycles. The SMILES string of the molecule is C=NC(N)=NC(C)(C)CO. The Morgan fingerprint density at radius 1 is 1.70 bits per heavy atom. The first-order valence-electron chi connectivity index (χ1n) is 2.95. The molecule has 0 radical (unpaired) electrons. The van der Waals surface area contributed by atoms with Gasteiger partial charge in [-0.2, -0.15) is 0 Å². The number of hydrogen-bond donors (Lipinski definition) is 2. The van der Waals surface area contributed by atoms with Crippen molar-refractivity contribution in [1.82, 2.24) is 0 Å². The van der Waals surface area contributed by atoms with Gasteiger partial charge < -0.3 is 10.8 Å². The minimum atomic E-state index is -0.550. The Hall–Kier alpha value is -0.900. The molecule has 0 aliphatic rings. The van der Waals surface area contributed by atoms with Crippen molar-refractivity contribution in [3.63, 3.8) is 0 Å². The Morgan fingerprint density at radius 3 is 2.50 bits per heavy atom. The number of aliphatic hydroxyl groups excluding tert-OH is 1. The maximum absolute atomic E-state index is 8.71. The number of rotatable bonds is 2. The molecule has 58 valence electrons. The zero-order valence-corrected chi connectivity index (χ0v) is 6.33. The monoisotopic (exact) mass is 143 g/mol. The van der Waals surface area contributed by atoms with Crippen molar-refractivity contribution >= 4 is 12.7 Å². The minimum absolute atomic E-state index is 0.0524.